The zero-order valence-corrected chi connectivity index (χ0v) is 15.1. The number of nitrogens with one attached hydrogen (secondary N) is 3. The zero-order chi connectivity index (χ0) is 20.1. The first-order valence-electron chi connectivity index (χ1n) is 8.85. The summed E-state index contributed by atoms with van der Waals surface area (Å²) in [6.45, 7) is 5.40. The summed E-state index contributed by atoms with van der Waals surface area (Å²) in [6.07, 6.45) is 2.65. The van der Waals surface area contributed by atoms with Crippen molar-refractivity contribution in [3.8, 4) is 0 Å². The van der Waals surface area contributed by atoms with Gasteiger partial charge in [-0.05, 0) is 25.7 Å². The highest BCUT2D eigenvalue weighted by Gasteiger charge is 2.42. The van der Waals surface area contributed by atoms with Gasteiger partial charge < -0.3 is 26.0 Å². The molecule has 0 saturated carbocycles. The Labute approximate surface area is 156 Å². The second-order valence-corrected chi connectivity index (χ2v) is 6.52. The highest BCUT2D eigenvalue weighted by molar-refractivity contribution is 6.06. The summed E-state index contributed by atoms with van der Waals surface area (Å²) in [5.41, 5.74) is 0. The summed E-state index contributed by atoms with van der Waals surface area (Å²) in [5.74, 6) is -4.26. The molecule has 2 saturated heterocycles. The maximum atomic E-state index is 12.7. The minimum Gasteiger partial charge on any atom is -0.479 e. The van der Waals surface area contributed by atoms with Gasteiger partial charge in [0.15, 0.2) is 0 Å². The molecule has 0 spiro atoms. The van der Waals surface area contributed by atoms with Crippen molar-refractivity contribution in [2.75, 3.05) is 6.54 Å². The Morgan fingerprint density at radius 2 is 1.78 bits per heavy atom. The number of carboxylic acid groups (broad SMARTS) is 1. The third-order valence-electron chi connectivity index (χ3n) is 4.70. The van der Waals surface area contributed by atoms with E-state index in [-0.39, 0.29) is 19.4 Å². The Kier molecular flexibility index (Phi) is 6.54. The number of aliphatic carboxylic acids is 1. The van der Waals surface area contributed by atoms with Crippen molar-refractivity contribution in [1.82, 2.24) is 20.9 Å². The van der Waals surface area contributed by atoms with Crippen LogP contribution in [0.3, 0.4) is 0 Å². The van der Waals surface area contributed by atoms with Crippen LogP contribution in [0.2, 0.25) is 0 Å². The van der Waals surface area contributed by atoms with E-state index in [2.05, 4.69) is 22.5 Å². The van der Waals surface area contributed by atoms with E-state index in [0.717, 1.165) is 4.90 Å². The van der Waals surface area contributed by atoms with Gasteiger partial charge >= 0.3 is 5.97 Å². The lowest BCUT2D eigenvalue weighted by Crippen LogP contribution is -2.62. The van der Waals surface area contributed by atoms with Crippen molar-refractivity contribution in [2.45, 2.75) is 56.8 Å². The molecule has 2 heterocycles. The number of rotatable bonds is 4. The first kappa shape index (κ1) is 20.4. The van der Waals surface area contributed by atoms with Gasteiger partial charge in [-0.15, -0.1) is 6.58 Å². The number of amides is 4. The number of hydrogen-bond acceptors (Lipinski definition) is 5. The molecule has 0 aromatic rings. The number of fused-ring (bicyclic) bond motifs is 1. The number of carbonyl (C=O) groups excluding carboxylic acids is 4. The standard InChI is InChI=1S/C17H24N4O6/c1-3-6-10-14(23)18-9(4-2)13(22)20-12(17(26)27)16(25)21-8-5-7-11(21)15(24)19-10/h3,9-12H,1,4-8H2,2H3,(H,18,23)(H,19,24)(H,20,22)(H,26,27)/t9-,10-,11-,12-/m0/s1. The predicted molar refractivity (Wildman–Crippen MR) is 93.3 cm³/mol. The van der Waals surface area contributed by atoms with E-state index in [0.29, 0.717) is 12.8 Å². The SMILES string of the molecule is C=CC[C@@H]1NC(=O)[C@@H]2CCCN2C(=O)[C@@H](C(=O)O)NC(=O)[C@H](CC)NC1=O. The van der Waals surface area contributed by atoms with Crippen LogP contribution in [0.4, 0.5) is 0 Å². The Balaban J connectivity index is 2.40. The van der Waals surface area contributed by atoms with Crippen LogP contribution in [0, 0.1) is 0 Å². The summed E-state index contributed by atoms with van der Waals surface area (Å²) >= 11 is 0. The van der Waals surface area contributed by atoms with Gasteiger partial charge in [0.25, 0.3) is 5.91 Å². The first-order chi connectivity index (χ1) is 12.8. The largest absolute Gasteiger partial charge is 0.479 e. The molecule has 2 rings (SSSR count). The number of hydrogen-bond donors (Lipinski definition) is 4. The summed E-state index contributed by atoms with van der Waals surface area (Å²) < 4.78 is 0. The molecule has 0 aromatic carbocycles. The van der Waals surface area contributed by atoms with E-state index in [1.807, 2.05) is 0 Å². The molecule has 0 aromatic heterocycles. The van der Waals surface area contributed by atoms with Crippen molar-refractivity contribution in [2.24, 2.45) is 0 Å². The first-order valence-corrected chi connectivity index (χ1v) is 8.85. The van der Waals surface area contributed by atoms with Crippen LogP contribution in [0.1, 0.15) is 32.6 Å². The Hall–Kier alpha value is -2.91. The molecule has 2 aliphatic rings. The Morgan fingerprint density at radius 1 is 1.15 bits per heavy atom. The van der Waals surface area contributed by atoms with Crippen molar-refractivity contribution in [3.05, 3.63) is 12.7 Å². The molecule has 27 heavy (non-hydrogen) atoms. The minimum absolute atomic E-state index is 0.147. The van der Waals surface area contributed by atoms with Crippen molar-refractivity contribution < 1.29 is 29.1 Å². The van der Waals surface area contributed by atoms with E-state index < -0.39 is 53.8 Å². The molecule has 148 valence electrons. The third kappa shape index (κ3) is 4.44. The molecule has 10 heteroatoms. The molecular weight excluding hydrogens is 356 g/mol. The summed E-state index contributed by atoms with van der Waals surface area (Å²) in [5, 5.41) is 16.6. The highest BCUT2D eigenvalue weighted by Crippen LogP contribution is 2.19. The Morgan fingerprint density at radius 3 is 2.37 bits per heavy atom. The van der Waals surface area contributed by atoms with Gasteiger partial charge in [-0.1, -0.05) is 13.0 Å². The maximum absolute atomic E-state index is 12.7. The van der Waals surface area contributed by atoms with E-state index >= 15 is 0 Å². The van der Waals surface area contributed by atoms with Crippen molar-refractivity contribution in [1.29, 1.82) is 0 Å². The molecule has 0 unspecified atom stereocenters. The van der Waals surface area contributed by atoms with Crippen LogP contribution in [0.15, 0.2) is 12.7 Å². The second kappa shape index (κ2) is 8.65. The number of carbonyl (C=O) groups is 5. The van der Waals surface area contributed by atoms with E-state index in [1.165, 1.54) is 6.08 Å². The molecule has 4 N–H and O–H groups in total. The zero-order valence-electron chi connectivity index (χ0n) is 15.1. The smallest absolute Gasteiger partial charge is 0.336 e. The molecule has 0 radical (unpaired) electrons. The van der Waals surface area contributed by atoms with Crippen LogP contribution >= 0.6 is 0 Å². The van der Waals surface area contributed by atoms with Crippen LogP contribution in [-0.2, 0) is 24.0 Å². The Bertz CT molecular complexity index is 664. The number of carboxylic acids is 1. The minimum atomic E-state index is -1.82. The van der Waals surface area contributed by atoms with Crippen LogP contribution in [0.25, 0.3) is 0 Å². The lowest BCUT2D eigenvalue weighted by atomic mass is 10.1. The average molecular weight is 380 g/mol. The van der Waals surface area contributed by atoms with Crippen molar-refractivity contribution in [3.63, 3.8) is 0 Å². The third-order valence-corrected chi connectivity index (χ3v) is 4.70. The van der Waals surface area contributed by atoms with Gasteiger partial charge in [-0.3, -0.25) is 19.2 Å². The molecule has 0 bridgehead atoms. The molecule has 0 aliphatic carbocycles. The van der Waals surface area contributed by atoms with Crippen LogP contribution in [0.5, 0.6) is 0 Å². The van der Waals surface area contributed by atoms with E-state index in [4.69, 9.17) is 0 Å². The topological polar surface area (TPSA) is 145 Å². The van der Waals surface area contributed by atoms with Gasteiger partial charge in [-0.25, -0.2) is 4.79 Å². The second-order valence-electron chi connectivity index (χ2n) is 6.52. The van der Waals surface area contributed by atoms with Gasteiger partial charge in [0.2, 0.25) is 23.8 Å². The quantitative estimate of drug-likeness (QED) is 0.346. The normalized spacial score (nSPS) is 29.6. The summed E-state index contributed by atoms with van der Waals surface area (Å²) in [6, 6.07) is -4.69. The molecule has 10 nitrogen and oxygen atoms in total. The molecule has 2 fully saturated rings. The lowest BCUT2D eigenvalue weighted by molar-refractivity contribution is -0.152. The molecule has 4 amide bonds. The fraction of sp³-hybridized carbons (Fsp3) is 0.588. The average Bonchev–Trinajstić information content (AvgIpc) is 3.11. The molecule has 2 aliphatic heterocycles. The fourth-order valence-electron chi connectivity index (χ4n) is 3.23. The lowest BCUT2D eigenvalue weighted by Gasteiger charge is -2.30. The number of nitrogens with zero attached hydrogens (tertiary/aromatic N) is 1. The summed E-state index contributed by atoms with van der Waals surface area (Å²) in [7, 11) is 0. The van der Waals surface area contributed by atoms with Crippen LogP contribution in [-0.4, -0.2) is 70.3 Å². The van der Waals surface area contributed by atoms with Gasteiger partial charge in [0, 0.05) is 6.54 Å². The van der Waals surface area contributed by atoms with E-state index in [9.17, 15) is 29.1 Å². The summed E-state index contributed by atoms with van der Waals surface area (Å²) in [4.78, 5) is 62.9. The fourth-order valence-corrected chi connectivity index (χ4v) is 3.23. The predicted octanol–water partition coefficient (Wildman–Crippen LogP) is -1.48. The maximum Gasteiger partial charge on any atom is 0.336 e. The monoisotopic (exact) mass is 380 g/mol. The highest BCUT2D eigenvalue weighted by atomic mass is 16.4. The van der Waals surface area contributed by atoms with Crippen LogP contribution < -0.4 is 16.0 Å². The molecular formula is C17H24N4O6. The van der Waals surface area contributed by atoms with Gasteiger partial charge in [0.05, 0.1) is 0 Å². The molecule has 4 atom stereocenters. The van der Waals surface area contributed by atoms with E-state index in [1.54, 1.807) is 6.92 Å². The van der Waals surface area contributed by atoms with Gasteiger partial charge in [-0.2, -0.15) is 0 Å². The van der Waals surface area contributed by atoms with Crippen molar-refractivity contribution >= 4 is 29.6 Å². The van der Waals surface area contributed by atoms with Gasteiger partial charge in [0.1, 0.15) is 18.1 Å².